The summed E-state index contributed by atoms with van der Waals surface area (Å²) >= 11 is 2.76. The van der Waals surface area contributed by atoms with Crippen LogP contribution < -0.4 is 10.6 Å². The van der Waals surface area contributed by atoms with Crippen LogP contribution in [0.1, 0.15) is 18.9 Å². The summed E-state index contributed by atoms with van der Waals surface area (Å²) in [5.74, 6) is 0.120. The molecule has 2 N–H and O–H groups in total. The van der Waals surface area contributed by atoms with Gasteiger partial charge in [0, 0.05) is 26.2 Å². The van der Waals surface area contributed by atoms with Crippen LogP contribution in [0.25, 0.3) is 0 Å². The van der Waals surface area contributed by atoms with E-state index in [1.165, 1.54) is 27.4 Å². The minimum Gasteiger partial charge on any atom is -0.379 e. The molecule has 0 bridgehead atoms. The highest BCUT2D eigenvalue weighted by molar-refractivity contribution is 8.01. The molecule has 1 aliphatic rings. The summed E-state index contributed by atoms with van der Waals surface area (Å²) in [6, 6.07) is 6.59. The maximum Gasteiger partial charge on any atom is 0.243 e. The molecule has 0 aliphatic carbocycles. The molecule has 1 amide bonds. The third-order valence-electron chi connectivity index (χ3n) is 4.28. The van der Waals surface area contributed by atoms with Gasteiger partial charge in [0.1, 0.15) is 0 Å². The lowest BCUT2D eigenvalue weighted by molar-refractivity contribution is -0.118. The summed E-state index contributed by atoms with van der Waals surface area (Å²) in [6.45, 7) is 4.79. The number of nitrogens with one attached hydrogen (secondary N) is 2. The Balaban J connectivity index is 1.45. The number of rotatable bonds is 10. The first-order valence-electron chi connectivity index (χ1n) is 9.62. The lowest BCUT2D eigenvalue weighted by Crippen LogP contribution is -2.40. The number of aromatic nitrogens is 2. The van der Waals surface area contributed by atoms with Crippen LogP contribution >= 0.6 is 23.1 Å². The van der Waals surface area contributed by atoms with Crippen molar-refractivity contribution in [1.82, 2.24) is 19.8 Å². The summed E-state index contributed by atoms with van der Waals surface area (Å²) < 4.78 is 32.6. The zero-order valence-corrected chi connectivity index (χ0v) is 19.1. The van der Waals surface area contributed by atoms with Gasteiger partial charge >= 0.3 is 0 Å². The first-order chi connectivity index (χ1) is 14.5. The zero-order valence-electron chi connectivity index (χ0n) is 16.7. The van der Waals surface area contributed by atoms with Crippen LogP contribution in [0.2, 0.25) is 0 Å². The summed E-state index contributed by atoms with van der Waals surface area (Å²) in [7, 11) is -3.51. The van der Waals surface area contributed by atoms with Crippen molar-refractivity contribution in [3.63, 3.8) is 0 Å². The Morgan fingerprint density at radius 3 is 2.67 bits per heavy atom. The molecule has 0 unspecified atom stereocenters. The molecule has 2 heterocycles. The lowest BCUT2D eigenvalue weighted by Gasteiger charge is -2.26. The van der Waals surface area contributed by atoms with E-state index in [1.807, 2.05) is 0 Å². The fraction of sp³-hybridized carbons (Fsp3) is 0.500. The van der Waals surface area contributed by atoms with Gasteiger partial charge in [-0.05, 0) is 24.1 Å². The van der Waals surface area contributed by atoms with Crippen molar-refractivity contribution in [1.29, 1.82) is 0 Å². The summed E-state index contributed by atoms with van der Waals surface area (Å²) in [6.07, 6.45) is 1.00. The Morgan fingerprint density at radius 1 is 1.23 bits per heavy atom. The lowest BCUT2D eigenvalue weighted by atomic mass is 10.2. The molecule has 0 spiro atoms. The Bertz CT molecular complexity index is 928. The van der Waals surface area contributed by atoms with Gasteiger partial charge in [0.25, 0.3) is 0 Å². The van der Waals surface area contributed by atoms with Crippen molar-refractivity contribution in [2.75, 3.05) is 43.9 Å². The van der Waals surface area contributed by atoms with Gasteiger partial charge in [-0.25, -0.2) is 8.42 Å². The largest absolute Gasteiger partial charge is 0.379 e. The zero-order chi connectivity index (χ0) is 21.4. The smallest absolute Gasteiger partial charge is 0.243 e. The number of hydrogen-bond acceptors (Lipinski definition) is 9. The minimum absolute atomic E-state index is 0.122. The standard InChI is InChI=1S/C18H25N5O4S3/c1-2-7-19-17-21-22-18(29-17)28-13-16(24)20-12-14-3-5-15(6-4-14)30(25,26)23-8-10-27-11-9-23/h3-6H,2,7-13H2,1H3,(H,19,21)(H,20,24). The van der Waals surface area contributed by atoms with Crippen molar-refractivity contribution >= 4 is 44.2 Å². The fourth-order valence-corrected chi connectivity index (χ4v) is 5.68. The van der Waals surface area contributed by atoms with Gasteiger partial charge in [-0.2, -0.15) is 4.31 Å². The number of amides is 1. The van der Waals surface area contributed by atoms with Gasteiger partial charge < -0.3 is 15.4 Å². The van der Waals surface area contributed by atoms with E-state index in [9.17, 15) is 13.2 Å². The number of morpholine rings is 1. The van der Waals surface area contributed by atoms with E-state index in [4.69, 9.17) is 4.74 Å². The molecule has 3 rings (SSSR count). The Hall–Kier alpha value is -1.73. The predicted molar refractivity (Wildman–Crippen MR) is 117 cm³/mol. The van der Waals surface area contributed by atoms with Gasteiger partial charge in [-0.15, -0.1) is 10.2 Å². The Kier molecular flexibility index (Phi) is 8.45. The number of anilines is 1. The third-order valence-corrected chi connectivity index (χ3v) is 8.21. The second-order valence-corrected chi connectivity index (χ2v) is 10.7. The molecule has 164 valence electrons. The molecule has 30 heavy (non-hydrogen) atoms. The molecule has 1 saturated heterocycles. The number of sulfonamides is 1. The number of benzene rings is 1. The van der Waals surface area contributed by atoms with Crippen LogP contribution in [0.3, 0.4) is 0 Å². The van der Waals surface area contributed by atoms with E-state index in [0.29, 0.717) is 32.8 Å². The molecule has 1 aromatic heterocycles. The molecular formula is C18H25N5O4S3. The molecule has 1 aromatic carbocycles. The van der Waals surface area contributed by atoms with E-state index in [2.05, 4.69) is 27.8 Å². The van der Waals surface area contributed by atoms with Gasteiger partial charge in [0.15, 0.2) is 4.34 Å². The second kappa shape index (κ2) is 11.0. The van der Waals surface area contributed by atoms with Crippen molar-refractivity contribution < 1.29 is 17.9 Å². The van der Waals surface area contributed by atoms with Crippen LogP contribution in [-0.2, 0) is 26.1 Å². The highest BCUT2D eigenvalue weighted by Gasteiger charge is 2.26. The van der Waals surface area contributed by atoms with Gasteiger partial charge in [-0.3, -0.25) is 4.79 Å². The molecule has 9 nitrogen and oxygen atoms in total. The fourth-order valence-electron chi connectivity index (χ4n) is 2.67. The predicted octanol–water partition coefficient (Wildman–Crippen LogP) is 1.79. The summed E-state index contributed by atoms with van der Waals surface area (Å²) in [5, 5.41) is 14.8. The van der Waals surface area contributed by atoms with Crippen molar-refractivity contribution in [2.45, 2.75) is 29.1 Å². The number of ether oxygens (including phenoxy) is 1. The van der Waals surface area contributed by atoms with E-state index in [1.54, 1.807) is 24.3 Å². The highest BCUT2D eigenvalue weighted by Crippen LogP contribution is 2.25. The van der Waals surface area contributed by atoms with Crippen molar-refractivity contribution in [3.05, 3.63) is 29.8 Å². The molecule has 2 aromatic rings. The van der Waals surface area contributed by atoms with Gasteiger partial charge in [0.05, 0.1) is 23.9 Å². The van der Waals surface area contributed by atoms with Crippen LogP contribution in [0.4, 0.5) is 5.13 Å². The summed E-state index contributed by atoms with van der Waals surface area (Å²) in [5.41, 5.74) is 0.830. The number of hydrogen-bond donors (Lipinski definition) is 2. The van der Waals surface area contributed by atoms with E-state index >= 15 is 0 Å². The molecule has 0 radical (unpaired) electrons. The third kappa shape index (κ3) is 6.38. The van der Waals surface area contributed by atoms with Crippen molar-refractivity contribution in [3.8, 4) is 0 Å². The average molecular weight is 472 g/mol. The summed E-state index contributed by atoms with van der Waals surface area (Å²) in [4.78, 5) is 12.3. The van der Waals surface area contributed by atoms with Gasteiger partial charge in [0.2, 0.25) is 21.1 Å². The number of nitrogens with zero attached hydrogens (tertiary/aromatic N) is 3. The molecule has 1 fully saturated rings. The second-order valence-electron chi connectivity index (χ2n) is 6.53. The quantitative estimate of drug-likeness (QED) is 0.504. The first kappa shape index (κ1) is 22.9. The minimum atomic E-state index is -3.51. The molecule has 0 saturated carbocycles. The van der Waals surface area contributed by atoms with Gasteiger partial charge in [-0.1, -0.05) is 42.2 Å². The van der Waals surface area contributed by atoms with E-state index in [0.717, 1.165) is 28.0 Å². The highest BCUT2D eigenvalue weighted by atomic mass is 32.2. The Morgan fingerprint density at radius 2 is 1.97 bits per heavy atom. The normalized spacial score (nSPS) is 15.1. The van der Waals surface area contributed by atoms with Crippen LogP contribution in [0.5, 0.6) is 0 Å². The topological polar surface area (TPSA) is 114 Å². The van der Waals surface area contributed by atoms with Crippen LogP contribution in [-0.4, -0.2) is 67.4 Å². The van der Waals surface area contributed by atoms with Crippen LogP contribution in [0.15, 0.2) is 33.5 Å². The monoisotopic (exact) mass is 471 g/mol. The first-order valence-corrected chi connectivity index (χ1v) is 12.9. The molecular weight excluding hydrogens is 446 g/mol. The molecule has 1 aliphatic heterocycles. The SMILES string of the molecule is CCCNc1nnc(SCC(=O)NCc2ccc(S(=O)(=O)N3CCOCC3)cc2)s1. The molecule has 12 heteroatoms. The maximum absolute atomic E-state index is 12.6. The number of carbonyl (C=O) groups is 1. The number of thioether (sulfide) groups is 1. The van der Waals surface area contributed by atoms with E-state index < -0.39 is 10.0 Å². The number of carbonyl (C=O) groups excluding carboxylic acids is 1. The average Bonchev–Trinajstić information content (AvgIpc) is 3.23. The van der Waals surface area contributed by atoms with Crippen LogP contribution in [0, 0.1) is 0 Å². The maximum atomic E-state index is 12.6. The Labute approximate surface area is 184 Å². The van der Waals surface area contributed by atoms with E-state index in [-0.39, 0.29) is 16.6 Å². The molecule has 0 atom stereocenters. The van der Waals surface area contributed by atoms with Crippen molar-refractivity contribution in [2.24, 2.45) is 0 Å².